The fourth-order valence-electron chi connectivity index (χ4n) is 1.48. The summed E-state index contributed by atoms with van der Waals surface area (Å²) in [5.41, 5.74) is 0.577. The summed E-state index contributed by atoms with van der Waals surface area (Å²) in [6, 6.07) is 5.13. The van der Waals surface area contributed by atoms with E-state index in [1.165, 1.54) is 0 Å². The quantitative estimate of drug-likeness (QED) is 0.430. The van der Waals surface area contributed by atoms with Crippen LogP contribution in [-0.4, -0.2) is 25.8 Å². The zero-order chi connectivity index (χ0) is 12.1. The van der Waals surface area contributed by atoms with Crippen molar-refractivity contribution in [2.45, 2.75) is 6.42 Å². The van der Waals surface area contributed by atoms with Gasteiger partial charge in [0.1, 0.15) is 6.61 Å². The number of fused-ring (bicyclic) bond motifs is 1. The average Bonchev–Trinajstić information content (AvgIpc) is 2.81. The molecule has 0 N–H and O–H groups in total. The van der Waals surface area contributed by atoms with Crippen molar-refractivity contribution in [1.29, 1.82) is 0 Å². The molecule has 1 aliphatic heterocycles. The standard InChI is InChI=1S/C13H14O4/c1-2-3-6-15-8-11(14)10-4-5-12-13(7-10)17-9-16-12/h2,4-5,7H,1,3,6,8-9H2. The Morgan fingerprint density at radius 2 is 2.24 bits per heavy atom. The highest BCUT2D eigenvalue weighted by Crippen LogP contribution is 2.32. The molecule has 4 heteroatoms. The number of hydrogen-bond acceptors (Lipinski definition) is 4. The first-order valence-electron chi connectivity index (χ1n) is 5.43. The van der Waals surface area contributed by atoms with Gasteiger partial charge in [0.25, 0.3) is 0 Å². The summed E-state index contributed by atoms with van der Waals surface area (Å²) in [4.78, 5) is 11.8. The summed E-state index contributed by atoms with van der Waals surface area (Å²) in [7, 11) is 0. The zero-order valence-corrected chi connectivity index (χ0v) is 9.48. The molecule has 0 atom stereocenters. The molecule has 0 amide bonds. The number of carbonyl (C=O) groups is 1. The van der Waals surface area contributed by atoms with Gasteiger partial charge in [-0.2, -0.15) is 0 Å². The highest BCUT2D eigenvalue weighted by Gasteiger charge is 2.15. The van der Waals surface area contributed by atoms with Crippen molar-refractivity contribution >= 4 is 5.78 Å². The van der Waals surface area contributed by atoms with E-state index in [9.17, 15) is 4.79 Å². The van der Waals surface area contributed by atoms with Crippen LogP contribution in [-0.2, 0) is 4.74 Å². The van der Waals surface area contributed by atoms with Crippen LogP contribution in [0, 0.1) is 0 Å². The van der Waals surface area contributed by atoms with Gasteiger partial charge in [0, 0.05) is 5.56 Å². The van der Waals surface area contributed by atoms with Gasteiger partial charge in [-0.05, 0) is 24.6 Å². The van der Waals surface area contributed by atoms with Gasteiger partial charge in [-0.25, -0.2) is 0 Å². The van der Waals surface area contributed by atoms with Crippen LogP contribution in [0.1, 0.15) is 16.8 Å². The number of rotatable bonds is 6. The zero-order valence-electron chi connectivity index (χ0n) is 9.48. The maximum Gasteiger partial charge on any atom is 0.231 e. The van der Waals surface area contributed by atoms with Gasteiger partial charge in [-0.3, -0.25) is 4.79 Å². The molecule has 0 aromatic heterocycles. The van der Waals surface area contributed by atoms with E-state index in [-0.39, 0.29) is 19.2 Å². The fraction of sp³-hybridized carbons (Fsp3) is 0.308. The van der Waals surface area contributed by atoms with Crippen LogP contribution < -0.4 is 9.47 Å². The Labute approximate surface area is 99.8 Å². The van der Waals surface area contributed by atoms with E-state index in [1.54, 1.807) is 24.3 Å². The molecule has 0 spiro atoms. The van der Waals surface area contributed by atoms with E-state index in [4.69, 9.17) is 14.2 Å². The first-order chi connectivity index (χ1) is 8.31. The minimum Gasteiger partial charge on any atom is -0.454 e. The van der Waals surface area contributed by atoms with Gasteiger partial charge in [-0.15, -0.1) is 6.58 Å². The second-order valence-electron chi connectivity index (χ2n) is 3.62. The number of ether oxygens (including phenoxy) is 3. The Balaban J connectivity index is 1.93. The lowest BCUT2D eigenvalue weighted by Crippen LogP contribution is -2.09. The monoisotopic (exact) mass is 234 g/mol. The summed E-state index contributed by atoms with van der Waals surface area (Å²) < 4.78 is 15.6. The number of ketones is 1. The molecular weight excluding hydrogens is 220 g/mol. The summed E-state index contributed by atoms with van der Waals surface area (Å²) >= 11 is 0. The fourth-order valence-corrected chi connectivity index (χ4v) is 1.48. The second-order valence-corrected chi connectivity index (χ2v) is 3.62. The molecule has 0 unspecified atom stereocenters. The predicted octanol–water partition coefficient (Wildman–Crippen LogP) is 2.19. The maximum atomic E-state index is 11.8. The summed E-state index contributed by atoms with van der Waals surface area (Å²) in [5, 5.41) is 0. The molecule has 0 saturated carbocycles. The molecule has 2 rings (SSSR count). The van der Waals surface area contributed by atoms with Gasteiger partial charge in [0.05, 0.1) is 6.61 Å². The van der Waals surface area contributed by atoms with Crippen molar-refractivity contribution in [3.8, 4) is 11.5 Å². The van der Waals surface area contributed by atoms with Crippen molar-refractivity contribution < 1.29 is 19.0 Å². The van der Waals surface area contributed by atoms with Crippen LogP contribution in [0.25, 0.3) is 0 Å². The normalized spacial score (nSPS) is 12.5. The molecule has 90 valence electrons. The highest BCUT2D eigenvalue weighted by atomic mass is 16.7. The van der Waals surface area contributed by atoms with E-state index in [2.05, 4.69) is 6.58 Å². The molecular formula is C13H14O4. The van der Waals surface area contributed by atoms with Crippen molar-refractivity contribution in [2.75, 3.05) is 20.0 Å². The van der Waals surface area contributed by atoms with Crippen LogP contribution in [0.15, 0.2) is 30.9 Å². The van der Waals surface area contributed by atoms with Gasteiger partial charge in [0.15, 0.2) is 17.3 Å². The van der Waals surface area contributed by atoms with Crippen LogP contribution in [0.2, 0.25) is 0 Å². The Morgan fingerprint density at radius 3 is 3.06 bits per heavy atom. The molecule has 1 aromatic rings. The molecule has 0 saturated heterocycles. The summed E-state index contributed by atoms with van der Waals surface area (Å²) in [5.74, 6) is 1.23. The topological polar surface area (TPSA) is 44.8 Å². The Kier molecular flexibility index (Phi) is 3.77. The molecule has 0 fully saturated rings. The third-order valence-electron chi connectivity index (χ3n) is 2.39. The predicted molar refractivity (Wildman–Crippen MR) is 62.5 cm³/mol. The molecule has 0 radical (unpaired) electrons. The average molecular weight is 234 g/mol. The molecule has 17 heavy (non-hydrogen) atoms. The van der Waals surface area contributed by atoms with Crippen LogP contribution in [0.4, 0.5) is 0 Å². The third kappa shape index (κ3) is 2.85. The van der Waals surface area contributed by atoms with Gasteiger partial charge >= 0.3 is 0 Å². The first kappa shape index (κ1) is 11.7. The van der Waals surface area contributed by atoms with Crippen LogP contribution in [0.5, 0.6) is 11.5 Å². The molecule has 0 bridgehead atoms. The SMILES string of the molecule is C=CCCOCC(=O)c1ccc2c(c1)OCO2. The molecule has 4 nitrogen and oxygen atoms in total. The molecule has 0 aliphatic carbocycles. The lowest BCUT2D eigenvalue weighted by molar-refractivity contribution is 0.0768. The van der Waals surface area contributed by atoms with E-state index < -0.39 is 0 Å². The minimum atomic E-state index is -0.0626. The lowest BCUT2D eigenvalue weighted by Gasteiger charge is -2.03. The van der Waals surface area contributed by atoms with Crippen molar-refractivity contribution in [3.05, 3.63) is 36.4 Å². The van der Waals surface area contributed by atoms with Crippen LogP contribution in [0.3, 0.4) is 0 Å². The first-order valence-corrected chi connectivity index (χ1v) is 5.43. The van der Waals surface area contributed by atoms with E-state index >= 15 is 0 Å². The molecule has 1 aromatic carbocycles. The Hall–Kier alpha value is -1.81. The van der Waals surface area contributed by atoms with Crippen molar-refractivity contribution in [1.82, 2.24) is 0 Å². The Morgan fingerprint density at radius 1 is 1.41 bits per heavy atom. The summed E-state index contributed by atoms with van der Waals surface area (Å²) in [6.07, 6.45) is 2.50. The van der Waals surface area contributed by atoms with Gasteiger partial charge in [0.2, 0.25) is 6.79 Å². The number of Topliss-reactive ketones (excluding diaryl/α,β-unsaturated/α-hetero) is 1. The third-order valence-corrected chi connectivity index (χ3v) is 2.39. The van der Waals surface area contributed by atoms with E-state index in [0.29, 0.717) is 23.7 Å². The van der Waals surface area contributed by atoms with Crippen molar-refractivity contribution in [2.24, 2.45) is 0 Å². The lowest BCUT2D eigenvalue weighted by atomic mass is 10.1. The maximum absolute atomic E-state index is 11.8. The van der Waals surface area contributed by atoms with Gasteiger partial charge in [-0.1, -0.05) is 6.08 Å². The largest absolute Gasteiger partial charge is 0.454 e. The number of carbonyl (C=O) groups excluding carboxylic acids is 1. The number of benzene rings is 1. The van der Waals surface area contributed by atoms with E-state index in [0.717, 1.165) is 6.42 Å². The van der Waals surface area contributed by atoms with Gasteiger partial charge < -0.3 is 14.2 Å². The Bertz CT molecular complexity index is 425. The smallest absolute Gasteiger partial charge is 0.231 e. The molecule has 1 aliphatic rings. The highest BCUT2D eigenvalue weighted by molar-refractivity contribution is 5.97. The molecule has 1 heterocycles. The summed E-state index contributed by atoms with van der Waals surface area (Å²) in [6.45, 7) is 4.38. The number of hydrogen-bond donors (Lipinski definition) is 0. The minimum absolute atomic E-state index is 0.0626. The second kappa shape index (κ2) is 5.50. The van der Waals surface area contributed by atoms with Crippen LogP contribution >= 0.6 is 0 Å². The van der Waals surface area contributed by atoms with E-state index in [1.807, 2.05) is 0 Å². The van der Waals surface area contributed by atoms with Crippen molar-refractivity contribution in [3.63, 3.8) is 0 Å².